The van der Waals surface area contributed by atoms with Crippen LogP contribution in [0.2, 0.25) is 0 Å². The molecule has 0 amide bonds. The Morgan fingerprint density at radius 1 is 0.857 bits per heavy atom. The monoisotopic (exact) mass is 228 g/mol. The summed E-state index contributed by atoms with van der Waals surface area (Å²) in [6.07, 6.45) is 0. The van der Waals surface area contributed by atoms with E-state index >= 15 is 0 Å². The van der Waals surface area contributed by atoms with Crippen molar-refractivity contribution in [1.82, 2.24) is 0 Å². The summed E-state index contributed by atoms with van der Waals surface area (Å²) < 4.78 is 49.5. The third kappa shape index (κ3) is 449. The minimum absolute atomic E-state index is 6.97. The van der Waals surface area contributed by atoms with Gasteiger partial charge in [0.25, 0.3) is 0 Å². The Hall–Kier alpha value is 0.550. The molecule has 0 aliphatic carbocycles. The van der Waals surface area contributed by atoms with Crippen molar-refractivity contribution in [1.29, 1.82) is 0 Å². The zero-order chi connectivity index (χ0) is 6.41. The van der Waals surface area contributed by atoms with Crippen LogP contribution in [0.3, 0.4) is 0 Å². The molecule has 0 bridgehead atoms. The minimum atomic E-state index is -9.18. The van der Waals surface area contributed by atoms with Crippen LogP contribution >= 0.6 is 0 Å². The van der Waals surface area contributed by atoms with Gasteiger partial charge in [-0.1, -0.05) is 0 Å². The third-order valence-electron chi connectivity index (χ3n) is 0. The third-order valence-corrected chi connectivity index (χ3v) is 0. The van der Waals surface area contributed by atoms with Crippen molar-refractivity contribution in [3.05, 3.63) is 0 Å². The summed E-state index contributed by atoms with van der Waals surface area (Å²) in [4.78, 5) is 0. The van der Waals surface area contributed by atoms with E-state index < -0.39 is 17.9 Å². The van der Waals surface area contributed by atoms with Crippen LogP contribution in [0.1, 0.15) is 0 Å². The topological polar surface area (TPSA) is 133 Å². The molecule has 0 aromatic rings. The molecule has 0 unspecified atom stereocenters. The first kappa shape index (κ1) is 7.55. The van der Waals surface area contributed by atoms with Gasteiger partial charge in [0.05, 0.1) is 0 Å². The van der Waals surface area contributed by atoms with Gasteiger partial charge < -0.3 is 0 Å². The van der Waals surface area contributed by atoms with Crippen LogP contribution < -0.4 is 13.9 Å². The van der Waals surface area contributed by atoms with E-state index in [0.29, 0.717) is 0 Å². The van der Waals surface area contributed by atoms with Gasteiger partial charge in [-0.25, -0.2) is 0 Å². The number of rotatable bonds is 0. The second-order valence-corrected chi connectivity index (χ2v) is 7.29. The molecule has 0 aromatic carbocycles. The Morgan fingerprint density at radius 3 is 0.857 bits per heavy atom. The first-order valence-electron chi connectivity index (χ1n) is 1.03. The Morgan fingerprint density at radius 2 is 0.857 bits per heavy atom. The molecule has 2 N–H and O–H groups in total. The second-order valence-electron chi connectivity index (χ2n) is 1.09. The maximum absolute atomic E-state index is 9.18. The fourth-order valence-corrected chi connectivity index (χ4v) is 0. The molecule has 0 radical (unpaired) electrons. The molecule has 0 fully saturated rings. The van der Waals surface area contributed by atoms with Crippen molar-refractivity contribution in [3.63, 3.8) is 0 Å². The Bertz CT molecular complexity index is 62.7. The van der Waals surface area contributed by atoms with Gasteiger partial charge in [-0.3, -0.25) is 0 Å². The first-order valence-corrected chi connectivity index (χ1v) is 6.92. The quantitative estimate of drug-likeness (QED) is 0.394. The van der Waals surface area contributed by atoms with Gasteiger partial charge in [0.1, 0.15) is 0 Å². The van der Waals surface area contributed by atoms with Crippen molar-refractivity contribution in [2.24, 2.45) is 0 Å². The van der Waals surface area contributed by atoms with Gasteiger partial charge in [-0.05, 0) is 0 Å². The van der Waals surface area contributed by atoms with Crippen LogP contribution in [0.15, 0.2) is 0 Å². The van der Waals surface area contributed by atoms with E-state index in [1.807, 2.05) is 0 Å². The van der Waals surface area contributed by atoms with Crippen LogP contribution in [0, 0.1) is 0 Å². The average molecular weight is 226 g/mol. The van der Waals surface area contributed by atoms with Crippen molar-refractivity contribution >= 4 is 17.9 Å². The predicted octanol–water partition coefficient (Wildman–Crippen LogP) is -6.25. The molecule has 48 valence electrons. The van der Waals surface area contributed by atoms with Crippen LogP contribution in [-0.4, -0.2) is 24.8 Å². The molecule has 0 rings (SSSR count). The summed E-state index contributed by atoms with van der Waals surface area (Å²) in [6, 6.07) is 0. The summed E-state index contributed by atoms with van der Waals surface area (Å²) in [5.74, 6) is 0. The van der Waals surface area contributed by atoms with E-state index in [9.17, 15) is 0 Å². The second kappa shape index (κ2) is 0.834. The molecule has 0 atom stereocenters. The van der Waals surface area contributed by atoms with Crippen LogP contribution in [0.25, 0.3) is 0 Å². The van der Waals surface area contributed by atoms with Gasteiger partial charge in [0.2, 0.25) is 0 Å². The average Bonchev–Trinajstić information content (AvgIpc) is 0.592. The van der Waals surface area contributed by atoms with Crippen molar-refractivity contribution in [3.8, 4) is 0 Å². The molecule has 0 spiro atoms. The summed E-state index contributed by atoms with van der Waals surface area (Å²) in [6.45, 7) is 0. The van der Waals surface area contributed by atoms with E-state index in [0.717, 1.165) is 0 Å². The molecule has 0 heterocycles. The predicted molar refractivity (Wildman–Crippen MR) is 10.2 cm³/mol. The van der Waals surface area contributed by atoms with Crippen LogP contribution in [0.5, 0.6) is 0 Å². The SMILES string of the molecule is [O-][Te]([O-])([O-])([O-])(O)O. The fraction of sp³-hybridized carbons (Fsp3) is 0. The van der Waals surface area contributed by atoms with Crippen LogP contribution in [-0.2, 0) is 0 Å². The van der Waals surface area contributed by atoms with Crippen LogP contribution in [0.4, 0.5) is 0 Å². The number of hydrogen-bond donors (Lipinski definition) is 2. The molecule has 7 heavy (non-hydrogen) atoms. The molecular formula is H2O6Te-4. The van der Waals surface area contributed by atoms with E-state index in [4.69, 9.17) is 20.8 Å². The standard InChI is InChI=1S/H6O6Te/c1-7(2,3,4,5)6/h1-6H/p-4. The van der Waals surface area contributed by atoms with Gasteiger partial charge in [0.15, 0.2) is 0 Å². The normalized spacial score (nSPS) is 23.1. The first-order chi connectivity index (χ1) is 2.45. The molecule has 6 nitrogen and oxygen atoms in total. The van der Waals surface area contributed by atoms with Gasteiger partial charge >= 0.3 is 38.7 Å². The van der Waals surface area contributed by atoms with Crippen molar-refractivity contribution in [2.45, 2.75) is 0 Å². The summed E-state index contributed by atoms with van der Waals surface area (Å²) in [7, 11) is 0. The Kier molecular flexibility index (Phi) is 0.900. The zero-order valence-corrected chi connectivity index (χ0v) is 5.27. The van der Waals surface area contributed by atoms with Gasteiger partial charge in [0, 0.05) is 0 Å². The van der Waals surface area contributed by atoms with E-state index in [1.165, 1.54) is 0 Å². The Balaban J connectivity index is 4.43. The van der Waals surface area contributed by atoms with Crippen molar-refractivity contribution in [2.75, 3.05) is 0 Å². The van der Waals surface area contributed by atoms with Gasteiger partial charge in [-0.15, -0.1) is 0 Å². The van der Waals surface area contributed by atoms with E-state index in [2.05, 4.69) is 0 Å². The molecule has 0 saturated heterocycles. The molecule has 7 heteroatoms. The summed E-state index contributed by atoms with van der Waals surface area (Å²) in [5.41, 5.74) is 0. The summed E-state index contributed by atoms with van der Waals surface area (Å²) >= 11 is -9.18. The Labute approximate surface area is 39.3 Å². The fourth-order valence-electron chi connectivity index (χ4n) is 0. The number of hydrogen-bond acceptors (Lipinski definition) is 6. The van der Waals surface area contributed by atoms with Crippen molar-refractivity contribution < 1.29 is 20.8 Å². The molecular weight excluding hydrogens is 224 g/mol. The summed E-state index contributed by atoms with van der Waals surface area (Å²) in [5, 5.41) is 0. The molecule has 0 saturated carbocycles. The molecule has 0 aliphatic rings. The molecule has 0 aromatic heterocycles. The van der Waals surface area contributed by atoms with E-state index in [-0.39, 0.29) is 0 Å². The van der Waals surface area contributed by atoms with Gasteiger partial charge in [-0.2, -0.15) is 0 Å². The zero-order valence-electron chi connectivity index (χ0n) is 2.94. The maximum atomic E-state index is 8.89. The molecule has 0 aliphatic heterocycles. The van der Waals surface area contributed by atoms with E-state index in [1.54, 1.807) is 0 Å².